The summed E-state index contributed by atoms with van der Waals surface area (Å²) in [7, 11) is 0. The molecular formula is C19H19N9O. The van der Waals surface area contributed by atoms with Gasteiger partial charge in [0.1, 0.15) is 17.5 Å². The second kappa shape index (κ2) is 7.50. The van der Waals surface area contributed by atoms with E-state index in [4.69, 9.17) is 11.1 Å². The molecule has 4 rings (SSSR count). The molecule has 2 aromatic carbocycles. The minimum absolute atomic E-state index is 0.0229. The van der Waals surface area contributed by atoms with Crippen molar-refractivity contribution in [1.82, 2.24) is 35.0 Å². The number of H-pyrrole nitrogens is 1. The third-order valence-corrected chi connectivity index (χ3v) is 4.60. The summed E-state index contributed by atoms with van der Waals surface area (Å²) >= 11 is 0. The molecule has 0 atom stereocenters. The summed E-state index contributed by atoms with van der Waals surface area (Å²) in [5, 5.41) is 25.6. The molecule has 4 N–H and O–H groups in total. The Morgan fingerprint density at radius 2 is 1.76 bits per heavy atom. The van der Waals surface area contributed by atoms with E-state index in [1.807, 2.05) is 24.3 Å². The fraction of sp³-hybridized carbons (Fsp3) is 0.158. The van der Waals surface area contributed by atoms with Crippen LogP contribution in [0.4, 0.5) is 0 Å². The zero-order valence-electron chi connectivity index (χ0n) is 15.7. The van der Waals surface area contributed by atoms with Crippen molar-refractivity contribution in [3.63, 3.8) is 0 Å². The Bertz CT molecular complexity index is 1190. The van der Waals surface area contributed by atoms with Crippen molar-refractivity contribution >= 4 is 5.84 Å². The van der Waals surface area contributed by atoms with E-state index in [2.05, 4.69) is 25.7 Å². The second-order valence-electron chi connectivity index (χ2n) is 6.55. The zero-order chi connectivity index (χ0) is 20.4. The van der Waals surface area contributed by atoms with Gasteiger partial charge in [-0.1, -0.05) is 12.1 Å². The Morgan fingerprint density at radius 3 is 2.38 bits per heavy atom. The summed E-state index contributed by atoms with van der Waals surface area (Å²) < 4.78 is 2.90. The summed E-state index contributed by atoms with van der Waals surface area (Å²) in [4.78, 5) is 12.9. The van der Waals surface area contributed by atoms with Crippen LogP contribution in [-0.2, 0) is 12.8 Å². The number of hydrogen-bond acceptors (Lipinski definition) is 6. The highest BCUT2D eigenvalue weighted by Crippen LogP contribution is 2.13. The lowest BCUT2D eigenvalue weighted by Crippen LogP contribution is -2.23. The van der Waals surface area contributed by atoms with Crippen LogP contribution in [0.2, 0.25) is 0 Å². The van der Waals surface area contributed by atoms with Crippen molar-refractivity contribution in [2.24, 2.45) is 5.73 Å². The Kier molecular flexibility index (Phi) is 4.73. The molecule has 10 heteroatoms. The van der Waals surface area contributed by atoms with Crippen LogP contribution >= 0.6 is 0 Å². The van der Waals surface area contributed by atoms with Gasteiger partial charge in [-0.05, 0) is 65.7 Å². The maximum Gasteiger partial charge on any atom is 0.355 e. The van der Waals surface area contributed by atoms with Crippen LogP contribution < -0.4 is 11.4 Å². The lowest BCUT2D eigenvalue weighted by atomic mass is 10.1. The number of hydrogen-bond donors (Lipinski definition) is 3. The molecule has 0 saturated carbocycles. The van der Waals surface area contributed by atoms with Crippen LogP contribution in [0.15, 0.2) is 53.3 Å². The minimum Gasteiger partial charge on any atom is -0.384 e. The number of aromatic amines is 1. The van der Waals surface area contributed by atoms with Gasteiger partial charge in [0.2, 0.25) is 0 Å². The van der Waals surface area contributed by atoms with E-state index in [-0.39, 0.29) is 11.5 Å². The Hall–Kier alpha value is -4.08. The summed E-state index contributed by atoms with van der Waals surface area (Å²) in [6.45, 7) is 1.78. The predicted molar refractivity (Wildman–Crippen MR) is 106 cm³/mol. The van der Waals surface area contributed by atoms with Gasteiger partial charge in [0, 0.05) is 12.0 Å². The zero-order valence-corrected chi connectivity index (χ0v) is 15.7. The molecule has 0 radical (unpaired) electrons. The van der Waals surface area contributed by atoms with E-state index in [0.29, 0.717) is 23.5 Å². The third kappa shape index (κ3) is 3.68. The number of amidine groups is 1. The lowest BCUT2D eigenvalue weighted by Gasteiger charge is -2.05. The van der Waals surface area contributed by atoms with Gasteiger partial charge < -0.3 is 5.73 Å². The molecule has 0 unspecified atom stereocenters. The molecule has 0 spiro atoms. The molecule has 0 fully saturated rings. The van der Waals surface area contributed by atoms with E-state index in [1.54, 1.807) is 35.8 Å². The van der Waals surface area contributed by atoms with Gasteiger partial charge in [0.25, 0.3) is 0 Å². The largest absolute Gasteiger partial charge is 0.384 e. The van der Waals surface area contributed by atoms with Crippen LogP contribution in [0.5, 0.6) is 0 Å². The van der Waals surface area contributed by atoms with Crippen molar-refractivity contribution in [1.29, 1.82) is 5.41 Å². The molecule has 4 aromatic rings. The Labute approximate surface area is 165 Å². The summed E-state index contributed by atoms with van der Waals surface area (Å²) in [6, 6.07) is 14.6. The average Bonchev–Trinajstić information content (AvgIpc) is 3.35. The molecule has 0 aliphatic rings. The quantitative estimate of drug-likeness (QED) is 0.330. The van der Waals surface area contributed by atoms with E-state index < -0.39 is 0 Å². The van der Waals surface area contributed by atoms with Crippen LogP contribution in [0.25, 0.3) is 11.4 Å². The van der Waals surface area contributed by atoms with Gasteiger partial charge in [-0.25, -0.2) is 14.5 Å². The van der Waals surface area contributed by atoms with Crippen LogP contribution in [0.3, 0.4) is 0 Å². The van der Waals surface area contributed by atoms with Gasteiger partial charge in [0.05, 0.1) is 11.4 Å². The lowest BCUT2D eigenvalue weighted by molar-refractivity contribution is 0.826. The number of aromatic nitrogens is 7. The van der Waals surface area contributed by atoms with E-state index in [1.165, 1.54) is 4.68 Å². The molecule has 146 valence electrons. The number of nitrogens with one attached hydrogen (secondary N) is 2. The molecular weight excluding hydrogens is 370 g/mol. The monoisotopic (exact) mass is 389 g/mol. The maximum absolute atomic E-state index is 12.9. The number of tetrazole rings is 1. The number of rotatable bonds is 6. The highest BCUT2D eigenvalue weighted by molar-refractivity contribution is 5.95. The second-order valence-corrected chi connectivity index (χ2v) is 6.55. The molecule has 0 saturated heterocycles. The fourth-order valence-electron chi connectivity index (χ4n) is 3.07. The molecule has 10 nitrogen and oxygen atoms in total. The molecule has 0 amide bonds. The van der Waals surface area contributed by atoms with Crippen LogP contribution in [0, 0.1) is 12.3 Å². The topological polar surface area (TPSA) is 144 Å². The molecule has 29 heavy (non-hydrogen) atoms. The van der Waals surface area contributed by atoms with Crippen molar-refractivity contribution in [2.75, 3.05) is 0 Å². The van der Waals surface area contributed by atoms with Gasteiger partial charge in [-0.15, -0.1) is 10.2 Å². The number of aryl methyl sites for hydroxylation is 3. The summed E-state index contributed by atoms with van der Waals surface area (Å²) in [6.07, 6.45) is 1.49. The number of nitrogens with two attached hydrogens (primary N) is 1. The van der Waals surface area contributed by atoms with Gasteiger partial charge in [-0.2, -0.15) is 4.68 Å². The van der Waals surface area contributed by atoms with E-state index in [9.17, 15) is 4.79 Å². The minimum atomic E-state index is -0.265. The molecule has 0 aliphatic heterocycles. The normalized spacial score (nSPS) is 10.9. The van der Waals surface area contributed by atoms with Crippen molar-refractivity contribution < 1.29 is 0 Å². The van der Waals surface area contributed by atoms with Gasteiger partial charge in [-0.3, -0.25) is 5.41 Å². The van der Waals surface area contributed by atoms with Crippen LogP contribution in [-0.4, -0.2) is 40.8 Å². The molecule has 0 aliphatic carbocycles. The molecule has 0 bridgehead atoms. The first-order valence-electron chi connectivity index (χ1n) is 8.98. The van der Waals surface area contributed by atoms with Gasteiger partial charge in [0.15, 0.2) is 0 Å². The standard InChI is InChI=1S/C19H19N9O/c1-12-24-28(16-9-5-14(6-10-16)18(20)21)19(29)27(12)15-7-2-13(3-8-15)4-11-17-22-25-26-23-17/h2-3,5-10H,4,11H2,1H3,(H3,20,21)(H,22,23,25,26). The smallest absolute Gasteiger partial charge is 0.355 e. The number of nitrogen functional groups attached to an aromatic ring is 1. The fourth-order valence-corrected chi connectivity index (χ4v) is 3.07. The Morgan fingerprint density at radius 1 is 1.07 bits per heavy atom. The summed E-state index contributed by atoms with van der Waals surface area (Å²) in [5.74, 6) is 1.29. The number of nitrogens with zero attached hydrogens (tertiary/aromatic N) is 6. The first-order valence-corrected chi connectivity index (χ1v) is 8.98. The van der Waals surface area contributed by atoms with Crippen molar-refractivity contribution in [3.8, 4) is 11.4 Å². The maximum atomic E-state index is 12.9. The summed E-state index contributed by atoms with van der Waals surface area (Å²) in [5.41, 5.74) is 8.27. The first kappa shape index (κ1) is 18.3. The number of benzene rings is 2. The van der Waals surface area contributed by atoms with Crippen molar-refractivity contribution in [3.05, 3.63) is 81.8 Å². The van der Waals surface area contributed by atoms with Crippen LogP contribution in [0.1, 0.15) is 22.8 Å². The van der Waals surface area contributed by atoms with E-state index in [0.717, 1.165) is 23.5 Å². The molecule has 2 heterocycles. The SMILES string of the molecule is Cc1nn(-c2ccc(C(=N)N)cc2)c(=O)n1-c1ccc(CCc2nnn[nH]2)cc1. The highest BCUT2D eigenvalue weighted by atomic mass is 16.2. The van der Waals surface area contributed by atoms with Crippen molar-refractivity contribution in [2.45, 2.75) is 19.8 Å². The van der Waals surface area contributed by atoms with E-state index >= 15 is 0 Å². The first-order chi connectivity index (χ1) is 14.0. The van der Waals surface area contributed by atoms with Gasteiger partial charge >= 0.3 is 5.69 Å². The average molecular weight is 389 g/mol. The predicted octanol–water partition coefficient (Wildman–Crippen LogP) is 0.914. The third-order valence-electron chi connectivity index (χ3n) is 4.60. The molecule has 2 aromatic heterocycles. The Balaban J connectivity index is 1.59. The highest BCUT2D eigenvalue weighted by Gasteiger charge is 2.13.